The SMILES string of the molecule is CC1(C)c2ccccc2-c2ccc(N(c3ccc(-c4ccccc4)cc3)c3cc4c(c5ccccc35)Cc3cccc(-c5ccc6c(c5)CC(c5ccccc5)=N6)c3-4)cc21. The Labute approximate surface area is 351 Å². The lowest BCUT2D eigenvalue weighted by atomic mass is 9.82. The number of fused-ring (bicyclic) bond motifs is 9. The summed E-state index contributed by atoms with van der Waals surface area (Å²) in [5.41, 5.74) is 23.8. The van der Waals surface area contributed by atoms with Crippen LogP contribution < -0.4 is 4.90 Å². The number of rotatable bonds is 6. The lowest BCUT2D eigenvalue weighted by molar-refractivity contribution is 0.660. The highest BCUT2D eigenvalue weighted by Crippen LogP contribution is 2.53. The Morgan fingerprint density at radius 3 is 1.90 bits per heavy atom. The van der Waals surface area contributed by atoms with Crippen LogP contribution in [0.25, 0.3) is 55.3 Å². The minimum atomic E-state index is -0.124. The van der Waals surface area contributed by atoms with E-state index in [1.165, 1.54) is 94.3 Å². The van der Waals surface area contributed by atoms with Crippen LogP contribution in [0.5, 0.6) is 0 Å². The number of benzene rings is 9. The van der Waals surface area contributed by atoms with Crippen molar-refractivity contribution >= 4 is 39.2 Å². The standard InChI is InChI=1S/C58H42N2/c1-58(2)52-23-12-11-20-47(52)48-30-29-44(35-53(48)58)60(43-27-24-38(25-28-43)37-14-5-3-6-15-37)56-36-51-50(46-19-9-10-21-49(46)56)33-41-18-13-22-45(57(41)51)40-26-31-54-42(32-40)34-55(59-54)39-16-7-4-8-17-39/h3-32,35-36H,33-34H2,1-2H3. The zero-order valence-corrected chi connectivity index (χ0v) is 33.8. The molecule has 1 aliphatic heterocycles. The first-order valence-corrected chi connectivity index (χ1v) is 21.1. The molecule has 284 valence electrons. The van der Waals surface area contributed by atoms with Crippen LogP contribution in [0, 0.1) is 0 Å². The molecular formula is C58H42N2. The number of anilines is 3. The summed E-state index contributed by atoms with van der Waals surface area (Å²) in [5.74, 6) is 0. The number of hydrogen-bond donors (Lipinski definition) is 0. The second-order valence-corrected chi connectivity index (χ2v) is 17.1. The van der Waals surface area contributed by atoms with Gasteiger partial charge in [0.25, 0.3) is 0 Å². The van der Waals surface area contributed by atoms with Gasteiger partial charge in [0.15, 0.2) is 0 Å². The van der Waals surface area contributed by atoms with Gasteiger partial charge in [0.05, 0.1) is 17.1 Å². The fraction of sp³-hybridized carbons (Fsp3) is 0.0862. The van der Waals surface area contributed by atoms with Gasteiger partial charge in [-0.1, -0.05) is 166 Å². The highest BCUT2D eigenvalue weighted by molar-refractivity contribution is 6.09. The Morgan fingerprint density at radius 2 is 1.08 bits per heavy atom. The van der Waals surface area contributed by atoms with Gasteiger partial charge in [-0.3, -0.25) is 4.99 Å². The molecule has 3 aliphatic rings. The van der Waals surface area contributed by atoms with Gasteiger partial charge in [-0.2, -0.15) is 0 Å². The summed E-state index contributed by atoms with van der Waals surface area (Å²) >= 11 is 0. The van der Waals surface area contributed by atoms with Crippen LogP contribution >= 0.6 is 0 Å². The Bertz CT molecular complexity index is 3210. The predicted octanol–water partition coefficient (Wildman–Crippen LogP) is 15.2. The van der Waals surface area contributed by atoms with Crippen LogP contribution in [0.3, 0.4) is 0 Å². The maximum absolute atomic E-state index is 5.06. The van der Waals surface area contributed by atoms with Crippen molar-refractivity contribution in [3.05, 3.63) is 228 Å². The zero-order chi connectivity index (χ0) is 40.0. The molecule has 2 heteroatoms. The molecule has 0 bridgehead atoms. The van der Waals surface area contributed by atoms with Gasteiger partial charge in [0, 0.05) is 28.6 Å². The molecule has 0 saturated heterocycles. The van der Waals surface area contributed by atoms with Gasteiger partial charge in [0.2, 0.25) is 0 Å². The summed E-state index contributed by atoms with van der Waals surface area (Å²) in [6, 6.07) is 71.8. The van der Waals surface area contributed by atoms with Crippen molar-refractivity contribution in [1.29, 1.82) is 0 Å². The number of hydrogen-bond acceptors (Lipinski definition) is 2. The molecule has 0 N–H and O–H groups in total. The average Bonchev–Trinajstić information content (AvgIpc) is 3.98. The molecule has 0 atom stereocenters. The minimum Gasteiger partial charge on any atom is -0.310 e. The fourth-order valence-corrected chi connectivity index (χ4v) is 10.4. The van der Waals surface area contributed by atoms with E-state index < -0.39 is 0 Å². The highest BCUT2D eigenvalue weighted by atomic mass is 15.1. The fourth-order valence-electron chi connectivity index (χ4n) is 10.4. The van der Waals surface area contributed by atoms with E-state index in [1.807, 2.05) is 0 Å². The molecule has 2 nitrogen and oxygen atoms in total. The van der Waals surface area contributed by atoms with Crippen molar-refractivity contribution in [3.8, 4) is 44.5 Å². The first-order chi connectivity index (χ1) is 29.5. The first-order valence-electron chi connectivity index (χ1n) is 21.1. The normalized spacial score (nSPS) is 13.9. The van der Waals surface area contributed by atoms with Gasteiger partial charge in [-0.25, -0.2) is 0 Å². The number of aliphatic imine (C=N–C) groups is 1. The molecule has 0 unspecified atom stereocenters. The van der Waals surface area contributed by atoms with E-state index in [0.29, 0.717) is 0 Å². The molecule has 0 fully saturated rings. The van der Waals surface area contributed by atoms with Crippen LogP contribution in [-0.2, 0) is 18.3 Å². The molecule has 2 aliphatic carbocycles. The molecule has 9 aromatic carbocycles. The van der Waals surface area contributed by atoms with E-state index in [1.54, 1.807) is 0 Å². The molecule has 0 spiro atoms. The van der Waals surface area contributed by atoms with Crippen molar-refractivity contribution in [3.63, 3.8) is 0 Å². The van der Waals surface area contributed by atoms with Crippen molar-refractivity contribution in [2.75, 3.05) is 4.90 Å². The van der Waals surface area contributed by atoms with Crippen LogP contribution in [0.4, 0.5) is 22.7 Å². The van der Waals surface area contributed by atoms with E-state index in [-0.39, 0.29) is 5.41 Å². The lowest BCUT2D eigenvalue weighted by Gasteiger charge is -2.30. The van der Waals surface area contributed by atoms with E-state index in [4.69, 9.17) is 4.99 Å². The van der Waals surface area contributed by atoms with Crippen molar-refractivity contribution in [1.82, 2.24) is 0 Å². The van der Waals surface area contributed by atoms with E-state index in [9.17, 15) is 0 Å². The second kappa shape index (κ2) is 13.4. The Morgan fingerprint density at radius 1 is 0.433 bits per heavy atom. The van der Waals surface area contributed by atoms with Crippen molar-refractivity contribution in [2.24, 2.45) is 4.99 Å². The molecule has 60 heavy (non-hydrogen) atoms. The monoisotopic (exact) mass is 766 g/mol. The Hall–Kier alpha value is -7.29. The maximum Gasteiger partial charge on any atom is 0.0669 e. The maximum atomic E-state index is 5.06. The van der Waals surface area contributed by atoms with E-state index in [2.05, 4.69) is 213 Å². The molecule has 12 rings (SSSR count). The molecule has 0 saturated carbocycles. The van der Waals surface area contributed by atoms with Crippen molar-refractivity contribution in [2.45, 2.75) is 32.1 Å². The summed E-state index contributed by atoms with van der Waals surface area (Å²) in [6.45, 7) is 4.74. The van der Waals surface area contributed by atoms with E-state index in [0.717, 1.165) is 35.6 Å². The first kappa shape index (κ1) is 34.7. The molecular weight excluding hydrogens is 725 g/mol. The summed E-state index contributed by atoms with van der Waals surface area (Å²) in [5, 5.41) is 2.56. The van der Waals surface area contributed by atoms with Crippen LogP contribution in [0.1, 0.15) is 47.2 Å². The van der Waals surface area contributed by atoms with Crippen LogP contribution in [0.15, 0.2) is 199 Å². The Balaban J connectivity index is 1.04. The van der Waals surface area contributed by atoms with Crippen LogP contribution in [-0.4, -0.2) is 5.71 Å². The molecule has 1 heterocycles. The second-order valence-electron chi connectivity index (χ2n) is 17.1. The molecule has 0 aromatic heterocycles. The average molecular weight is 767 g/mol. The third kappa shape index (κ3) is 5.37. The smallest absolute Gasteiger partial charge is 0.0669 e. The van der Waals surface area contributed by atoms with Gasteiger partial charge in [0.1, 0.15) is 0 Å². The molecule has 0 radical (unpaired) electrons. The lowest BCUT2D eigenvalue weighted by Crippen LogP contribution is -2.16. The summed E-state index contributed by atoms with van der Waals surface area (Å²) in [7, 11) is 0. The highest BCUT2D eigenvalue weighted by Gasteiger charge is 2.36. The third-order valence-corrected chi connectivity index (χ3v) is 13.3. The molecule has 0 amide bonds. The Kier molecular flexibility index (Phi) is 7.74. The zero-order valence-electron chi connectivity index (χ0n) is 33.8. The van der Waals surface area contributed by atoms with Crippen molar-refractivity contribution < 1.29 is 0 Å². The largest absolute Gasteiger partial charge is 0.310 e. The minimum absolute atomic E-state index is 0.124. The number of nitrogens with zero attached hydrogens (tertiary/aromatic N) is 2. The van der Waals surface area contributed by atoms with E-state index >= 15 is 0 Å². The topological polar surface area (TPSA) is 15.6 Å². The molecule has 9 aromatic rings. The third-order valence-electron chi connectivity index (χ3n) is 13.3. The summed E-state index contributed by atoms with van der Waals surface area (Å²) in [4.78, 5) is 7.57. The summed E-state index contributed by atoms with van der Waals surface area (Å²) in [6.07, 6.45) is 1.75. The van der Waals surface area contributed by atoms with Gasteiger partial charge >= 0.3 is 0 Å². The summed E-state index contributed by atoms with van der Waals surface area (Å²) < 4.78 is 0. The predicted molar refractivity (Wildman–Crippen MR) is 252 cm³/mol. The van der Waals surface area contributed by atoms with Gasteiger partial charge in [-0.15, -0.1) is 0 Å². The quantitative estimate of drug-likeness (QED) is 0.165. The van der Waals surface area contributed by atoms with Crippen LogP contribution in [0.2, 0.25) is 0 Å². The van der Waals surface area contributed by atoms with Gasteiger partial charge in [-0.05, 0) is 132 Å². The van der Waals surface area contributed by atoms with Gasteiger partial charge < -0.3 is 4.90 Å².